The zero-order chi connectivity index (χ0) is 17.1. The van der Waals surface area contributed by atoms with Crippen LogP contribution in [0.4, 0.5) is 4.39 Å². The third-order valence-corrected chi connectivity index (χ3v) is 3.93. The summed E-state index contributed by atoms with van der Waals surface area (Å²) in [5.74, 6) is -0.585. The summed E-state index contributed by atoms with van der Waals surface area (Å²) in [6, 6.07) is 14.7. The van der Waals surface area contributed by atoms with Gasteiger partial charge in [-0.1, -0.05) is 35.9 Å². The van der Waals surface area contributed by atoms with E-state index in [1.807, 2.05) is 19.1 Å². The van der Waals surface area contributed by atoms with E-state index in [1.165, 1.54) is 12.1 Å². The fraction of sp³-hybridized carbons (Fsp3) is 0.111. The molecule has 0 spiro atoms. The van der Waals surface area contributed by atoms with E-state index in [2.05, 4.69) is 15.5 Å². The minimum atomic E-state index is -0.307. The van der Waals surface area contributed by atoms with Crippen LogP contribution in [0.1, 0.15) is 29.0 Å². The number of aromatic nitrogens is 2. The van der Waals surface area contributed by atoms with Crippen LogP contribution in [0.2, 0.25) is 5.02 Å². The van der Waals surface area contributed by atoms with E-state index < -0.39 is 0 Å². The molecule has 1 aromatic heterocycles. The summed E-state index contributed by atoms with van der Waals surface area (Å²) in [5, 5.41) is 10.4. The number of nitrogens with one attached hydrogen (secondary N) is 2. The highest BCUT2D eigenvalue weighted by atomic mass is 35.5. The monoisotopic (exact) mass is 343 g/mol. The first-order chi connectivity index (χ1) is 11.5. The molecule has 24 heavy (non-hydrogen) atoms. The lowest BCUT2D eigenvalue weighted by atomic mass is 10.1. The van der Waals surface area contributed by atoms with Crippen LogP contribution in [0.5, 0.6) is 0 Å². The van der Waals surface area contributed by atoms with Crippen molar-refractivity contribution >= 4 is 17.5 Å². The van der Waals surface area contributed by atoms with Crippen molar-refractivity contribution in [1.29, 1.82) is 0 Å². The lowest BCUT2D eigenvalue weighted by Crippen LogP contribution is -2.26. The minimum absolute atomic E-state index is 0.250. The van der Waals surface area contributed by atoms with Crippen LogP contribution >= 0.6 is 11.6 Å². The summed E-state index contributed by atoms with van der Waals surface area (Å²) in [5.41, 5.74) is 2.70. The number of nitrogens with zero attached hydrogens (tertiary/aromatic N) is 1. The number of halogens is 2. The van der Waals surface area contributed by atoms with Gasteiger partial charge in [0.1, 0.15) is 11.5 Å². The van der Waals surface area contributed by atoms with Crippen molar-refractivity contribution in [2.24, 2.45) is 0 Å². The molecule has 1 atom stereocenters. The minimum Gasteiger partial charge on any atom is -0.344 e. The average molecular weight is 344 g/mol. The molecule has 0 bridgehead atoms. The molecule has 0 aliphatic heterocycles. The van der Waals surface area contributed by atoms with E-state index in [0.717, 1.165) is 11.1 Å². The first-order valence-electron chi connectivity index (χ1n) is 7.40. The Morgan fingerprint density at radius 2 is 1.83 bits per heavy atom. The molecule has 0 saturated carbocycles. The SMILES string of the molecule is CC(NC(=O)c1cc(-c2ccc(Cl)cc2)n[nH]1)c1ccc(F)cc1. The smallest absolute Gasteiger partial charge is 0.269 e. The molecule has 1 heterocycles. The molecular formula is C18H15ClFN3O. The molecule has 4 nitrogen and oxygen atoms in total. The van der Waals surface area contributed by atoms with Crippen LogP contribution < -0.4 is 5.32 Å². The maximum Gasteiger partial charge on any atom is 0.269 e. The molecule has 0 saturated heterocycles. The first kappa shape index (κ1) is 16.2. The largest absolute Gasteiger partial charge is 0.344 e. The summed E-state index contributed by atoms with van der Waals surface area (Å²) >= 11 is 5.86. The Kier molecular flexibility index (Phi) is 4.62. The second kappa shape index (κ2) is 6.84. The molecule has 1 unspecified atom stereocenters. The third kappa shape index (κ3) is 3.63. The third-order valence-electron chi connectivity index (χ3n) is 3.68. The Morgan fingerprint density at radius 3 is 2.50 bits per heavy atom. The van der Waals surface area contributed by atoms with E-state index in [1.54, 1.807) is 30.3 Å². The maximum atomic E-state index is 13.0. The molecule has 0 aliphatic carbocycles. The quantitative estimate of drug-likeness (QED) is 0.739. The van der Waals surface area contributed by atoms with E-state index in [-0.39, 0.29) is 17.8 Å². The number of aromatic amines is 1. The first-order valence-corrected chi connectivity index (χ1v) is 7.78. The number of carbonyl (C=O) groups is 1. The van der Waals surface area contributed by atoms with E-state index in [4.69, 9.17) is 11.6 Å². The van der Waals surface area contributed by atoms with Gasteiger partial charge in [0, 0.05) is 10.6 Å². The van der Waals surface area contributed by atoms with Crippen LogP contribution in [0, 0.1) is 5.82 Å². The molecule has 2 N–H and O–H groups in total. The van der Waals surface area contributed by atoms with Crippen molar-refractivity contribution in [3.63, 3.8) is 0 Å². The predicted octanol–water partition coefficient (Wildman–Crippen LogP) is 4.36. The average Bonchev–Trinajstić information content (AvgIpc) is 3.06. The Hall–Kier alpha value is -2.66. The molecule has 122 valence electrons. The Morgan fingerprint density at radius 1 is 1.17 bits per heavy atom. The molecule has 3 rings (SSSR count). The number of rotatable bonds is 4. The highest BCUT2D eigenvalue weighted by molar-refractivity contribution is 6.30. The summed E-state index contributed by atoms with van der Waals surface area (Å²) in [7, 11) is 0. The number of hydrogen-bond acceptors (Lipinski definition) is 2. The van der Waals surface area contributed by atoms with Crippen LogP contribution in [0.25, 0.3) is 11.3 Å². The molecule has 0 fully saturated rings. The number of benzene rings is 2. The maximum absolute atomic E-state index is 13.0. The summed E-state index contributed by atoms with van der Waals surface area (Å²) < 4.78 is 13.0. The topological polar surface area (TPSA) is 57.8 Å². The predicted molar refractivity (Wildman–Crippen MR) is 91.3 cm³/mol. The normalized spacial score (nSPS) is 12.0. The second-order valence-corrected chi connectivity index (χ2v) is 5.86. The van der Waals surface area contributed by atoms with Crippen LogP contribution in [0.3, 0.4) is 0 Å². The van der Waals surface area contributed by atoms with Crippen LogP contribution in [-0.4, -0.2) is 16.1 Å². The van der Waals surface area contributed by atoms with Gasteiger partial charge in [0.15, 0.2) is 0 Å². The molecule has 0 radical (unpaired) electrons. The standard InChI is InChI=1S/C18H15ClFN3O/c1-11(12-4-8-15(20)9-5-12)21-18(24)17-10-16(22-23-17)13-2-6-14(19)7-3-13/h2-11H,1H3,(H,21,24)(H,22,23). The highest BCUT2D eigenvalue weighted by Crippen LogP contribution is 2.20. The molecular weight excluding hydrogens is 329 g/mol. The number of H-pyrrole nitrogens is 1. The zero-order valence-corrected chi connectivity index (χ0v) is 13.6. The number of hydrogen-bond donors (Lipinski definition) is 2. The summed E-state index contributed by atoms with van der Waals surface area (Å²) in [4.78, 5) is 12.3. The Balaban J connectivity index is 1.71. The van der Waals surface area contributed by atoms with Crippen LogP contribution in [-0.2, 0) is 0 Å². The van der Waals surface area contributed by atoms with E-state index in [9.17, 15) is 9.18 Å². The highest BCUT2D eigenvalue weighted by Gasteiger charge is 2.14. The molecule has 6 heteroatoms. The summed E-state index contributed by atoms with van der Waals surface area (Å²) in [6.45, 7) is 1.83. The Labute approximate surface area is 143 Å². The molecule has 0 aliphatic rings. The van der Waals surface area contributed by atoms with Gasteiger partial charge in [0.25, 0.3) is 5.91 Å². The van der Waals surface area contributed by atoms with Crippen molar-refractivity contribution in [1.82, 2.24) is 15.5 Å². The van der Waals surface area contributed by atoms with Crippen molar-refractivity contribution in [2.45, 2.75) is 13.0 Å². The van der Waals surface area contributed by atoms with Crippen molar-refractivity contribution < 1.29 is 9.18 Å². The van der Waals surface area contributed by atoms with Gasteiger partial charge in [0.05, 0.1) is 11.7 Å². The molecule has 1 amide bonds. The zero-order valence-electron chi connectivity index (χ0n) is 12.9. The number of amides is 1. The fourth-order valence-corrected chi connectivity index (χ4v) is 2.44. The van der Waals surface area contributed by atoms with Gasteiger partial charge in [-0.2, -0.15) is 5.10 Å². The van der Waals surface area contributed by atoms with Gasteiger partial charge in [-0.3, -0.25) is 9.89 Å². The van der Waals surface area contributed by atoms with Crippen molar-refractivity contribution in [3.8, 4) is 11.3 Å². The molecule has 3 aromatic rings. The summed E-state index contributed by atoms with van der Waals surface area (Å²) in [6.07, 6.45) is 0. The van der Waals surface area contributed by atoms with Gasteiger partial charge in [-0.05, 0) is 42.8 Å². The van der Waals surface area contributed by atoms with Crippen molar-refractivity contribution in [3.05, 3.63) is 76.7 Å². The van der Waals surface area contributed by atoms with Gasteiger partial charge in [-0.25, -0.2) is 4.39 Å². The number of carbonyl (C=O) groups excluding carboxylic acids is 1. The van der Waals surface area contributed by atoms with Crippen molar-refractivity contribution in [2.75, 3.05) is 0 Å². The van der Waals surface area contributed by atoms with Gasteiger partial charge in [0.2, 0.25) is 0 Å². The molecule has 2 aromatic carbocycles. The van der Waals surface area contributed by atoms with E-state index in [0.29, 0.717) is 16.4 Å². The lowest BCUT2D eigenvalue weighted by molar-refractivity contribution is 0.0935. The van der Waals surface area contributed by atoms with Gasteiger partial charge >= 0.3 is 0 Å². The van der Waals surface area contributed by atoms with Gasteiger partial charge in [-0.15, -0.1) is 0 Å². The van der Waals surface area contributed by atoms with Gasteiger partial charge < -0.3 is 5.32 Å². The van der Waals surface area contributed by atoms with E-state index >= 15 is 0 Å². The van der Waals surface area contributed by atoms with Crippen LogP contribution in [0.15, 0.2) is 54.6 Å². The lowest BCUT2D eigenvalue weighted by Gasteiger charge is -2.13. The Bertz CT molecular complexity index is 843. The fourth-order valence-electron chi connectivity index (χ4n) is 2.32. The second-order valence-electron chi connectivity index (χ2n) is 5.42.